The Morgan fingerprint density at radius 3 is 1.30 bits per heavy atom. The smallest absolute Gasteiger partial charge is 0.303 e. The largest absolute Gasteiger partial charge is 0.481 e. The van der Waals surface area contributed by atoms with Gasteiger partial charge in [0.1, 0.15) is 0 Å². The standard InChI is InChI=1S/2C7H12O3/c2*8-6-2-1-5(3-6)4-7(9)10/h2*5-6,8H,1-4H2,(H,9,10)/t2*5-,6+/m10/s1. The van der Waals surface area contributed by atoms with E-state index in [4.69, 9.17) is 20.4 Å². The predicted molar refractivity (Wildman–Crippen MR) is 71.2 cm³/mol. The fourth-order valence-corrected chi connectivity index (χ4v) is 2.96. The van der Waals surface area contributed by atoms with Gasteiger partial charge in [-0.25, -0.2) is 0 Å². The van der Waals surface area contributed by atoms with E-state index in [0.717, 1.165) is 25.7 Å². The molecule has 0 heterocycles. The van der Waals surface area contributed by atoms with Gasteiger partial charge in [-0.05, 0) is 50.4 Å². The van der Waals surface area contributed by atoms with Crippen LogP contribution in [0, 0.1) is 11.8 Å². The van der Waals surface area contributed by atoms with Crippen LogP contribution in [0.1, 0.15) is 51.4 Å². The summed E-state index contributed by atoms with van der Waals surface area (Å²) in [5, 5.41) is 34.8. The number of rotatable bonds is 4. The molecule has 0 unspecified atom stereocenters. The highest BCUT2D eigenvalue weighted by molar-refractivity contribution is 5.67. The molecule has 0 aliphatic heterocycles. The van der Waals surface area contributed by atoms with Crippen molar-refractivity contribution in [1.29, 1.82) is 0 Å². The van der Waals surface area contributed by atoms with Crippen LogP contribution in [0.25, 0.3) is 0 Å². The van der Waals surface area contributed by atoms with Crippen LogP contribution in [0.15, 0.2) is 0 Å². The lowest BCUT2D eigenvalue weighted by Gasteiger charge is -2.03. The van der Waals surface area contributed by atoms with E-state index in [-0.39, 0.29) is 36.9 Å². The molecule has 2 rings (SSSR count). The van der Waals surface area contributed by atoms with Gasteiger partial charge in [0.05, 0.1) is 12.2 Å². The Bertz CT molecular complexity index is 298. The lowest BCUT2D eigenvalue weighted by molar-refractivity contribution is -0.139. The average Bonchev–Trinajstić information content (AvgIpc) is 2.87. The summed E-state index contributed by atoms with van der Waals surface area (Å²) in [5.41, 5.74) is 0. The van der Waals surface area contributed by atoms with E-state index in [0.29, 0.717) is 12.8 Å². The maximum atomic E-state index is 10.2. The predicted octanol–water partition coefficient (Wildman–Crippen LogP) is 1.24. The van der Waals surface area contributed by atoms with Gasteiger partial charge in [0.2, 0.25) is 0 Å². The number of carboxylic acid groups (broad SMARTS) is 2. The van der Waals surface area contributed by atoms with Crippen molar-refractivity contribution in [1.82, 2.24) is 0 Å². The molecule has 6 nitrogen and oxygen atoms in total. The molecule has 0 radical (unpaired) electrons. The molecule has 4 atom stereocenters. The van der Waals surface area contributed by atoms with Gasteiger partial charge in [0, 0.05) is 12.8 Å². The zero-order valence-corrected chi connectivity index (χ0v) is 11.6. The molecule has 0 amide bonds. The fraction of sp³-hybridized carbons (Fsp3) is 0.857. The van der Waals surface area contributed by atoms with Gasteiger partial charge in [-0.15, -0.1) is 0 Å². The zero-order chi connectivity index (χ0) is 15.1. The molecule has 0 saturated heterocycles. The lowest BCUT2D eigenvalue weighted by atomic mass is 10.0. The fourth-order valence-electron chi connectivity index (χ4n) is 2.96. The third kappa shape index (κ3) is 6.86. The van der Waals surface area contributed by atoms with E-state index in [2.05, 4.69) is 0 Å². The normalized spacial score (nSPS) is 32.5. The number of carboxylic acids is 2. The van der Waals surface area contributed by atoms with Gasteiger partial charge in [-0.2, -0.15) is 0 Å². The summed E-state index contributed by atoms with van der Waals surface area (Å²) >= 11 is 0. The molecule has 6 heteroatoms. The van der Waals surface area contributed by atoms with Gasteiger partial charge >= 0.3 is 11.9 Å². The summed E-state index contributed by atoms with van der Waals surface area (Å²) in [5.74, 6) is -1.07. The number of aliphatic hydroxyl groups excluding tert-OH is 2. The summed E-state index contributed by atoms with van der Waals surface area (Å²) < 4.78 is 0. The molecule has 2 saturated carbocycles. The Kier molecular flexibility index (Phi) is 6.95. The topological polar surface area (TPSA) is 115 Å². The van der Waals surface area contributed by atoms with Crippen molar-refractivity contribution in [2.45, 2.75) is 63.6 Å². The molecule has 0 aromatic heterocycles. The summed E-state index contributed by atoms with van der Waals surface area (Å²) in [6.07, 6.45) is 4.58. The number of carbonyl (C=O) groups is 2. The Labute approximate surface area is 118 Å². The summed E-state index contributed by atoms with van der Waals surface area (Å²) in [7, 11) is 0. The minimum Gasteiger partial charge on any atom is -0.481 e. The van der Waals surface area contributed by atoms with Crippen molar-refractivity contribution in [3.8, 4) is 0 Å². The van der Waals surface area contributed by atoms with Crippen LogP contribution in [-0.2, 0) is 9.59 Å². The van der Waals surface area contributed by atoms with Gasteiger partial charge in [-0.3, -0.25) is 9.59 Å². The van der Waals surface area contributed by atoms with Crippen LogP contribution in [0.4, 0.5) is 0 Å². The molecule has 0 aromatic carbocycles. The summed E-state index contributed by atoms with van der Waals surface area (Å²) in [4.78, 5) is 20.4. The second-order valence-corrected chi connectivity index (χ2v) is 5.86. The monoisotopic (exact) mass is 288 g/mol. The second kappa shape index (κ2) is 8.21. The number of aliphatic hydroxyl groups is 2. The second-order valence-electron chi connectivity index (χ2n) is 5.86. The van der Waals surface area contributed by atoms with Crippen molar-refractivity contribution in [3.05, 3.63) is 0 Å². The molecule has 0 bridgehead atoms. The Morgan fingerprint density at radius 2 is 1.10 bits per heavy atom. The van der Waals surface area contributed by atoms with E-state index in [1.54, 1.807) is 0 Å². The lowest BCUT2D eigenvalue weighted by Crippen LogP contribution is -2.05. The molecular weight excluding hydrogens is 264 g/mol. The van der Waals surface area contributed by atoms with E-state index in [1.807, 2.05) is 0 Å². The summed E-state index contributed by atoms with van der Waals surface area (Å²) in [6, 6.07) is 0. The molecule has 0 spiro atoms. The first kappa shape index (κ1) is 16.9. The quantitative estimate of drug-likeness (QED) is 0.618. The van der Waals surface area contributed by atoms with Crippen molar-refractivity contribution in [2.75, 3.05) is 0 Å². The number of hydrogen-bond acceptors (Lipinski definition) is 4. The Hall–Kier alpha value is -1.14. The molecule has 4 N–H and O–H groups in total. The molecule has 2 aliphatic rings. The van der Waals surface area contributed by atoms with Gasteiger partial charge < -0.3 is 20.4 Å². The minimum absolute atomic E-state index is 0.215. The van der Waals surface area contributed by atoms with Gasteiger partial charge in [0.15, 0.2) is 0 Å². The molecule has 20 heavy (non-hydrogen) atoms. The van der Waals surface area contributed by atoms with Crippen LogP contribution in [0.3, 0.4) is 0 Å². The molecule has 0 aromatic rings. The van der Waals surface area contributed by atoms with Crippen molar-refractivity contribution >= 4 is 11.9 Å². The van der Waals surface area contributed by atoms with Crippen LogP contribution in [0.2, 0.25) is 0 Å². The molecule has 2 aliphatic carbocycles. The third-order valence-corrected chi connectivity index (χ3v) is 3.95. The maximum absolute atomic E-state index is 10.2. The first-order valence-corrected chi connectivity index (χ1v) is 7.16. The highest BCUT2D eigenvalue weighted by atomic mass is 16.4. The van der Waals surface area contributed by atoms with Crippen LogP contribution >= 0.6 is 0 Å². The van der Waals surface area contributed by atoms with E-state index < -0.39 is 11.9 Å². The van der Waals surface area contributed by atoms with Crippen LogP contribution in [-0.4, -0.2) is 44.6 Å². The third-order valence-electron chi connectivity index (χ3n) is 3.95. The van der Waals surface area contributed by atoms with Gasteiger partial charge in [0.25, 0.3) is 0 Å². The highest BCUT2D eigenvalue weighted by Crippen LogP contribution is 2.28. The Balaban J connectivity index is 0.000000200. The number of hydrogen-bond donors (Lipinski definition) is 4. The van der Waals surface area contributed by atoms with E-state index in [1.165, 1.54) is 0 Å². The zero-order valence-electron chi connectivity index (χ0n) is 11.6. The SMILES string of the molecule is O=C(O)C[C@@H]1CC[C@H](O)C1.O=C(O)C[C@H]1CC[C@@H](O)C1. The number of aliphatic carboxylic acids is 2. The highest BCUT2D eigenvalue weighted by Gasteiger charge is 2.25. The molecule has 2 fully saturated rings. The maximum Gasteiger partial charge on any atom is 0.303 e. The van der Waals surface area contributed by atoms with Crippen LogP contribution in [0.5, 0.6) is 0 Å². The van der Waals surface area contributed by atoms with Gasteiger partial charge in [-0.1, -0.05) is 0 Å². The van der Waals surface area contributed by atoms with Crippen molar-refractivity contribution in [3.63, 3.8) is 0 Å². The van der Waals surface area contributed by atoms with Crippen LogP contribution < -0.4 is 0 Å². The summed E-state index contributed by atoms with van der Waals surface area (Å²) in [6.45, 7) is 0. The average molecular weight is 288 g/mol. The molecular formula is C14H24O6. The van der Waals surface area contributed by atoms with E-state index >= 15 is 0 Å². The first-order valence-electron chi connectivity index (χ1n) is 7.16. The molecule has 116 valence electrons. The van der Waals surface area contributed by atoms with Crippen molar-refractivity contribution in [2.24, 2.45) is 11.8 Å². The first-order chi connectivity index (χ1) is 9.36. The Morgan fingerprint density at radius 1 is 0.750 bits per heavy atom. The van der Waals surface area contributed by atoms with Crippen molar-refractivity contribution < 1.29 is 30.0 Å². The minimum atomic E-state index is -0.751. The van der Waals surface area contributed by atoms with E-state index in [9.17, 15) is 9.59 Å².